The summed E-state index contributed by atoms with van der Waals surface area (Å²) in [5, 5.41) is 14.1. The quantitative estimate of drug-likeness (QED) is 0.514. The largest absolute Gasteiger partial charge is 0.477 e. The third-order valence-electron chi connectivity index (χ3n) is 6.11. The van der Waals surface area contributed by atoms with Gasteiger partial charge >= 0.3 is 5.97 Å². The third-order valence-corrected chi connectivity index (χ3v) is 7.50. The standard InChI is InChI=1S/C23H34N4O4S/c1-30-14-20-16(5-6-22(24-20)26-12-17-9-18(17)13-26)10-19-11-21(23(28)29)27(25-19)15-31-7-8-32(2,3)4/h5-6,11,17-18H,7-10,12-15H2,1-4H3,(H,28,29). The predicted octanol–water partition coefficient (Wildman–Crippen LogP) is 2.84. The fraction of sp³-hybridized carbons (Fsp3) is 0.609. The maximum absolute atomic E-state index is 11.7. The van der Waals surface area contributed by atoms with Gasteiger partial charge in [0.25, 0.3) is 0 Å². The van der Waals surface area contributed by atoms with Crippen LogP contribution >= 0.6 is 10.0 Å². The van der Waals surface area contributed by atoms with E-state index in [-0.39, 0.29) is 12.4 Å². The molecule has 2 aromatic heterocycles. The number of anilines is 1. The van der Waals surface area contributed by atoms with Crippen LogP contribution in [0.2, 0.25) is 0 Å². The Morgan fingerprint density at radius 1 is 1.25 bits per heavy atom. The molecule has 4 rings (SSSR count). The Balaban J connectivity index is 1.47. The maximum atomic E-state index is 11.7. The van der Waals surface area contributed by atoms with Crippen LogP contribution < -0.4 is 4.90 Å². The zero-order valence-corrected chi connectivity index (χ0v) is 20.2. The van der Waals surface area contributed by atoms with E-state index in [1.807, 2.05) is 0 Å². The van der Waals surface area contributed by atoms with Gasteiger partial charge in [0.1, 0.15) is 18.2 Å². The Kier molecular flexibility index (Phi) is 6.78. The summed E-state index contributed by atoms with van der Waals surface area (Å²) < 4.78 is 12.5. The van der Waals surface area contributed by atoms with E-state index in [2.05, 4.69) is 40.9 Å². The number of aromatic nitrogens is 3. The Labute approximate surface area is 191 Å². The van der Waals surface area contributed by atoms with Crippen LogP contribution in [0.25, 0.3) is 0 Å². The highest BCUT2D eigenvalue weighted by molar-refractivity contribution is 8.32. The van der Waals surface area contributed by atoms with E-state index in [0.717, 1.165) is 47.8 Å². The van der Waals surface area contributed by atoms with Gasteiger partial charge in [0.05, 0.1) is 24.6 Å². The molecule has 32 heavy (non-hydrogen) atoms. The number of carboxylic acid groups (broad SMARTS) is 1. The summed E-state index contributed by atoms with van der Waals surface area (Å²) in [5.41, 5.74) is 2.69. The molecule has 2 aliphatic rings. The molecule has 1 N–H and O–H groups in total. The molecule has 0 aromatic carbocycles. The molecule has 2 aromatic rings. The molecule has 0 amide bonds. The van der Waals surface area contributed by atoms with Gasteiger partial charge < -0.3 is 19.5 Å². The lowest BCUT2D eigenvalue weighted by atomic mass is 10.1. The zero-order chi connectivity index (χ0) is 22.9. The van der Waals surface area contributed by atoms with Crippen LogP contribution in [0.15, 0.2) is 18.2 Å². The Bertz CT molecular complexity index is 961. The smallest absolute Gasteiger partial charge is 0.354 e. The minimum atomic E-state index is -1.01. The number of nitrogens with zero attached hydrogens (tertiary/aromatic N) is 4. The number of piperidine rings is 1. The van der Waals surface area contributed by atoms with Crippen LogP contribution in [-0.2, 0) is 29.2 Å². The first-order chi connectivity index (χ1) is 15.2. The second kappa shape index (κ2) is 9.41. The zero-order valence-electron chi connectivity index (χ0n) is 19.4. The number of hydrogen-bond donors (Lipinski definition) is 1. The first kappa shape index (κ1) is 23.1. The van der Waals surface area contributed by atoms with E-state index in [1.165, 1.54) is 11.1 Å². The van der Waals surface area contributed by atoms with Crippen molar-refractivity contribution in [1.82, 2.24) is 14.8 Å². The lowest BCUT2D eigenvalue weighted by Crippen LogP contribution is -2.23. The van der Waals surface area contributed by atoms with Crippen molar-refractivity contribution in [2.75, 3.05) is 56.2 Å². The monoisotopic (exact) mass is 462 g/mol. The van der Waals surface area contributed by atoms with E-state index in [9.17, 15) is 9.90 Å². The van der Waals surface area contributed by atoms with Crippen LogP contribution in [0, 0.1) is 11.8 Å². The highest BCUT2D eigenvalue weighted by Crippen LogP contribution is 2.46. The second-order valence-corrected chi connectivity index (χ2v) is 14.3. The van der Waals surface area contributed by atoms with Gasteiger partial charge in [-0.25, -0.2) is 24.5 Å². The molecule has 0 bridgehead atoms. The van der Waals surface area contributed by atoms with E-state index in [1.54, 1.807) is 13.2 Å². The van der Waals surface area contributed by atoms with Crippen molar-refractivity contribution >= 4 is 21.8 Å². The minimum absolute atomic E-state index is 0.135. The number of fused-ring (bicyclic) bond motifs is 1. The molecule has 1 aliphatic carbocycles. The van der Waals surface area contributed by atoms with Crippen LogP contribution in [0.4, 0.5) is 5.82 Å². The molecule has 1 aliphatic heterocycles. The van der Waals surface area contributed by atoms with Gasteiger partial charge in [-0.15, -0.1) is 0 Å². The van der Waals surface area contributed by atoms with Crippen LogP contribution in [0.1, 0.15) is 33.9 Å². The number of carbonyl (C=O) groups is 1. The molecule has 2 atom stereocenters. The van der Waals surface area contributed by atoms with Gasteiger partial charge in [0.15, 0.2) is 0 Å². The Hall–Kier alpha value is -2.10. The van der Waals surface area contributed by atoms with Crippen LogP contribution in [0.5, 0.6) is 0 Å². The van der Waals surface area contributed by atoms with E-state index < -0.39 is 16.0 Å². The minimum Gasteiger partial charge on any atom is -0.477 e. The summed E-state index contributed by atoms with van der Waals surface area (Å²) in [7, 11) is 1.01. The number of pyridine rings is 1. The summed E-state index contributed by atoms with van der Waals surface area (Å²) in [6.45, 7) is 3.32. The molecular formula is C23H34N4O4S. The molecule has 8 nitrogen and oxygen atoms in total. The molecule has 9 heteroatoms. The molecule has 3 heterocycles. The molecule has 1 saturated heterocycles. The Morgan fingerprint density at radius 2 is 2.00 bits per heavy atom. The van der Waals surface area contributed by atoms with Gasteiger partial charge in [-0.05, 0) is 54.7 Å². The number of methoxy groups -OCH3 is 1. The lowest BCUT2D eigenvalue weighted by molar-refractivity contribution is 0.0597. The van der Waals surface area contributed by atoms with Gasteiger partial charge in [-0.3, -0.25) is 0 Å². The molecule has 0 spiro atoms. The molecule has 2 fully saturated rings. The van der Waals surface area contributed by atoms with E-state index >= 15 is 0 Å². The first-order valence-corrected chi connectivity index (χ1v) is 14.0. The number of aromatic carboxylic acids is 1. The SMILES string of the molecule is COCc1nc(N2CC3CC3C2)ccc1Cc1cc(C(=O)O)n(COCCS(C)(C)C)n1. The summed E-state index contributed by atoms with van der Waals surface area (Å²) in [6.07, 6.45) is 8.54. The first-order valence-electron chi connectivity index (χ1n) is 11.0. The molecule has 0 radical (unpaired) electrons. The molecular weight excluding hydrogens is 428 g/mol. The van der Waals surface area contributed by atoms with Crippen LogP contribution in [-0.4, -0.2) is 77.2 Å². The normalized spacial score (nSPS) is 20.4. The van der Waals surface area contributed by atoms with Crippen molar-refractivity contribution in [3.63, 3.8) is 0 Å². The van der Waals surface area contributed by atoms with Crippen molar-refractivity contribution in [2.45, 2.75) is 26.2 Å². The molecule has 1 saturated carbocycles. The average Bonchev–Trinajstić information content (AvgIpc) is 3.14. The predicted molar refractivity (Wildman–Crippen MR) is 127 cm³/mol. The number of ether oxygens (including phenoxy) is 2. The topological polar surface area (TPSA) is 89.7 Å². The summed E-state index contributed by atoms with van der Waals surface area (Å²) in [4.78, 5) is 18.9. The maximum Gasteiger partial charge on any atom is 0.354 e. The third kappa shape index (κ3) is 5.63. The number of hydrogen-bond acceptors (Lipinski definition) is 6. The van der Waals surface area contributed by atoms with Gasteiger partial charge in [0, 0.05) is 32.4 Å². The number of rotatable bonds is 11. The van der Waals surface area contributed by atoms with Crippen molar-refractivity contribution in [3.8, 4) is 0 Å². The van der Waals surface area contributed by atoms with Crippen molar-refractivity contribution in [3.05, 3.63) is 40.8 Å². The van der Waals surface area contributed by atoms with Crippen molar-refractivity contribution in [1.29, 1.82) is 0 Å². The average molecular weight is 463 g/mol. The highest BCUT2D eigenvalue weighted by Gasteiger charge is 2.45. The summed E-state index contributed by atoms with van der Waals surface area (Å²) in [6, 6.07) is 5.76. The van der Waals surface area contributed by atoms with Crippen molar-refractivity contribution in [2.24, 2.45) is 11.8 Å². The van der Waals surface area contributed by atoms with E-state index in [4.69, 9.17) is 14.5 Å². The number of carboxylic acids is 1. The lowest BCUT2D eigenvalue weighted by Gasteiger charge is -2.24. The second-order valence-electron chi connectivity index (χ2n) is 9.70. The van der Waals surface area contributed by atoms with Crippen LogP contribution in [0.3, 0.4) is 0 Å². The highest BCUT2D eigenvalue weighted by atomic mass is 32.3. The van der Waals surface area contributed by atoms with Gasteiger partial charge in [0.2, 0.25) is 0 Å². The fourth-order valence-corrected chi connectivity index (χ4v) is 4.80. The van der Waals surface area contributed by atoms with Gasteiger partial charge in [-0.1, -0.05) is 6.07 Å². The molecule has 176 valence electrons. The summed E-state index contributed by atoms with van der Waals surface area (Å²) in [5.74, 6) is 2.65. The Morgan fingerprint density at radius 3 is 2.66 bits per heavy atom. The van der Waals surface area contributed by atoms with Crippen molar-refractivity contribution < 1.29 is 19.4 Å². The fourth-order valence-electron chi connectivity index (χ4n) is 4.18. The van der Waals surface area contributed by atoms with E-state index in [0.29, 0.717) is 25.3 Å². The summed E-state index contributed by atoms with van der Waals surface area (Å²) >= 11 is 0. The van der Waals surface area contributed by atoms with Gasteiger partial charge in [-0.2, -0.15) is 5.10 Å². The molecule has 2 unspecified atom stereocenters.